The molecule has 2 atom stereocenters. The molecule has 0 aromatic heterocycles. The first-order valence-electron chi connectivity index (χ1n) is 5.67. The highest BCUT2D eigenvalue weighted by Crippen LogP contribution is 2.58. The Kier molecular flexibility index (Phi) is 2.77. The van der Waals surface area contributed by atoms with Gasteiger partial charge in [-0.3, -0.25) is 9.59 Å². The minimum atomic E-state index is -0.961. The second-order valence-corrected chi connectivity index (χ2v) is 5.12. The molecule has 1 saturated carbocycles. The van der Waals surface area contributed by atoms with Crippen LogP contribution in [0, 0.1) is 17.3 Å². The van der Waals surface area contributed by atoms with Gasteiger partial charge >= 0.3 is 5.97 Å². The number of nitrogens with one attached hydrogen (secondary N) is 1. The van der Waals surface area contributed by atoms with E-state index in [1.165, 1.54) is 6.07 Å². The Labute approximate surface area is 104 Å². The number of hydrogen-bond donors (Lipinski definition) is 3. The summed E-state index contributed by atoms with van der Waals surface area (Å²) in [5, 5.41) is 21.1. The second-order valence-electron chi connectivity index (χ2n) is 5.12. The van der Waals surface area contributed by atoms with Gasteiger partial charge in [0.05, 0.1) is 17.5 Å². The number of aromatic hydroxyl groups is 1. The number of aliphatic carboxylic acids is 1. The molecule has 5 heteroatoms. The third kappa shape index (κ3) is 1.92. The van der Waals surface area contributed by atoms with Crippen LogP contribution in [-0.4, -0.2) is 22.1 Å². The Hall–Kier alpha value is -2.04. The van der Waals surface area contributed by atoms with Crippen molar-refractivity contribution in [2.24, 2.45) is 17.3 Å². The zero-order chi connectivity index (χ0) is 13.5. The zero-order valence-corrected chi connectivity index (χ0v) is 10.2. The third-order valence-electron chi connectivity index (χ3n) is 3.54. The summed E-state index contributed by atoms with van der Waals surface area (Å²) in [7, 11) is 0. The van der Waals surface area contributed by atoms with E-state index in [9.17, 15) is 14.7 Å². The number of phenols is 1. The van der Waals surface area contributed by atoms with Gasteiger partial charge in [-0.15, -0.1) is 0 Å². The normalized spacial score (nSPS) is 24.3. The standard InChI is InChI=1S/C13H15NO4/c1-13(2)9(10(13)12(17)18)11(16)14-7-5-3-4-6-8(7)15/h3-6,9-10,15H,1-2H3,(H,14,16)(H,17,18)/t9-,10+/m0/s1. The van der Waals surface area contributed by atoms with Crippen LogP contribution in [0.2, 0.25) is 0 Å². The summed E-state index contributed by atoms with van der Waals surface area (Å²) in [6, 6.07) is 6.36. The number of carbonyl (C=O) groups excluding carboxylic acids is 1. The summed E-state index contributed by atoms with van der Waals surface area (Å²) in [5.41, 5.74) is -0.241. The third-order valence-corrected chi connectivity index (χ3v) is 3.54. The smallest absolute Gasteiger partial charge is 0.307 e. The van der Waals surface area contributed by atoms with Crippen molar-refractivity contribution < 1.29 is 19.8 Å². The lowest BCUT2D eigenvalue weighted by Crippen LogP contribution is -2.17. The lowest BCUT2D eigenvalue weighted by molar-refractivity contribution is -0.140. The van der Waals surface area contributed by atoms with E-state index < -0.39 is 23.2 Å². The van der Waals surface area contributed by atoms with E-state index in [1.807, 2.05) is 0 Å². The highest BCUT2D eigenvalue weighted by Gasteiger charge is 2.65. The molecule has 0 aliphatic heterocycles. The van der Waals surface area contributed by atoms with Crippen molar-refractivity contribution in [2.75, 3.05) is 5.32 Å². The average molecular weight is 249 g/mol. The maximum absolute atomic E-state index is 12.0. The number of carboxylic acids is 1. The summed E-state index contributed by atoms with van der Waals surface area (Å²) >= 11 is 0. The molecule has 0 spiro atoms. The molecule has 2 rings (SSSR count). The lowest BCUT2D eigenvalue weighted by Gasteiger charge is -2.07. The van der Waals surface area contributed by atoms with Crippen molar-refractivity contribution in [1.29, 1.82) is 0 Å². The first-order chi connectivity index (χ1) is 8.35. The zero-order valence-electron chi connectivity index (χ0n) is 10.2. The van der Waals surface area contributed by atoms with Gasteiger partial charge < -0.3 is 15.5 Å². The van der Waals surface area contributed by atoms with Gasteiger partial charge in [0.15, 0.2) is 0 Å². The molecular weight excluding hydrogens is 234 g/mol. The molecule has 1 aromatic carbocycles. The predicted octanol–water partition coefficient (Wildman–Crippen LogP) is 1.69. The van der Waals surface area contributed by atoms with E-state index in [1.54, 1.807) is 32.0 Å². The number of carbonyl (C=O) groups is 2. The van der Waals surface area contributed by atoms with Crippen molar-refractivity contribution in [3.63, 3.8) is 0 Å². The van der Waals surface area contributed by atoms with Gasteiger partial charge in [-0.2, -0.15) is 0 Å². The van der Waals surface area contributed by atoms with Gasteiger partial charge in [0.2, 0.25) is 5.91 Å². The number of anilines is 1. The molecule has 3 N–H and O–H groups in total. The van der Waals surface area contributed by atoms with Gasteiger partial charge in [0, 0.05) is 0 Å². The molecular formula is C13H15NO4. The van der Waals surface area contributed by atoms with Crippen molar-refractivity contribution in [3.05, 3.63) is 24.3 Å². The van der Waals surface area contributed by atoms with Crippen LogP contribution in [0.15, 0.2) is 24.3 Å². The largest absolute Gasteiger partial charge is 0.506 e. The van der Waals surface area contributed by atoms with Gasteiger partial charge in [-0.05, 0) is 17.5 Å². The number of para-hydroxylation sites is 2. The Balaban J connectivity index is 2.11. The molecule has 1 fully saturated rings. The number of rotatable bonds is 3. The lowest BCUT2D eigenvalue weighted by atomic mass is 10.1. The van der Waals surface area contributed by atoms with E-state index in [0.29, 0.717) is 5.69 Å². The summed E-state index contributed by atoms with van der Waals surface area (Å²) in [6.07, 6.45) is 0. The summed E-state index contributed by atoms with van der Waals surface area (Å²) in [4.78, 5) is 23.0. The molecule has 1 aliphatic rings. The Bertz CT molecular complexity index is 509. The highest BCUT2D eigenvalue weighted by atomic mass is 16.4. The number of carboxylic acid groups (broad SMARTS) is 1. The minimum Gasteiger partial charge on any atom is -0.506 e. The van der Waals surface area contributed by atoms with Crippen LogP contribution >= 0.6 is 0 Å². The molecule has 0 radical (unpaired) electrons. The van der Waals surface area contributed by atoms with Crippen LogP contribution in [0.5, 0.6) is 5.75 Å². The maximum atomic E-state index is 12.0. The second kappa shape index (κ2) is 4.01. The molecule has 0 bridgehead atoms. The first kappa shape index (κ1) is 12.4. The van der Waals surface area contributed by atoms with E-state index in [0.717, 1.165) is 0 Å². The monoisotopic (exact) mass is 249 g/mol. The summed E-state index contributed by atoms with van der Waals surface area (Å²) in [6.45, 7) is 3.50. The quantitative estimate of drug-likeness (QED) is 0.711. The first-order valence-corrected chi connectivity index (χ1v) is 5.67. The van der Waals surface area contributed by atoms with Crippen molar-refractivity contribution in [2.45, 2.75) is 13.8 Å². The SMILES string of the molecule is CC1(C)[C@H](C(=O)Nc2ccccc2O)[C@@H]1C(=O)O. The van der Waals surface area contributed by atoms with Crippen LogP contribution in [0.4, 0.5) is 5.69 Å². The fourth-order valence-corrected chi connectivity index (χ4v) is 2.38. The molecule has 1 aromatic rings. The van der Waals surface area contributed by atoms with Crippen molar-refractivity contribution in [1.82, 2.24) is 0 Å². The van der Waals surface area contributed by atoms with Gasteiger partial charge in [0.25, 0.3) is 0 Å². The van der Waals surface area contributed by atoms with Crippen LogP contribution in [0.3, 0.4) is 0 Å². The fraction of sp³-hybridized carbons (Fsp3) is 0.385. The van der Waals surface area contributed by atoms with Crippen LogP contribution in [0.1, 0.15) is 13.8 Å². The molecule has 5 nitrogen and oxygen atoms in total. The van der Waals surface area contributed by atoms with Crippen molar-refractivity contribution in [3.8, 4) is 5.75 Å². The highest BCUT2D eigenvalue weighted by molar-refractivity contribution is 6.00. The molecule has 96 valence electrons. The van der Waals surface area contributed by atoms with Crippen LogP contribution in [0.25, 0.3) is 0 Å². The topological polar surface area (TPSA) is 86.6 Å². The molecule has 0 saturated heterocycles. The van der Waals surface area contributed by atoms with Crippen molar-refractivity contribution >= 4 is 17.6 Å². The number of phenolic OH excluding ortho intramolecular Hbond substituents is 1. The summed E-state index contributed by atoms with van der Waals surface area (Å²) in [5.74, 6) is -2.58. The molecule has 0 heterocycles. The maximum Gasteiger partial charge on any atom is 0.307 e. The Morgan fingerprint density at radius 3 is 2.33 bits per heavy atom. The fourth-order valence-electron chi connectivity index (χ4n) is 2.38. The Morgan fingerprint density at radius 2 is 1.83 bits per heavy atom. The number of amides is 1. The molecule has 0 unspecified atom stereocenters. The van der Waals surface area contributed by atoms with E-state index >= 15 is 0 Å². The molecule has 1 aliphatic carbocycles. The number of hydrogen-bond acceptors (Lipinski definition) is 3. The average Bonchev–Trinajstić information content (AvgIpc) is 2.85. The molecule has 18 heavy (non-hydrogen) atoms. The minimum absolute atomic E-state index is 0.0313. The molecule has 1 amide bonds. The van der Waals surface area contributed by atoms with Gasteiger partial charge in [-0.25, -0.2) is 0 Å². The number of benzene rings is 1. The van der Waals surface area contributed by atoms with E-state index in [-0.39, 0.29) is 11.7 Å². The summed E-state index contributed by atoms with van der Waals surface area (Å²) < 4.78 is 0. The van der Waals surface area contributed by atoms with Gasteiger partial charge in [0.1, 0.15) is 5.75 Å². The van der Waals surface area contributed by atoms with E-state index in [4.69, 9.17) is 5.11 Å². The van der Waals surface area contributed by atoms with E-state index in [2.05, 4.69) is 5.32 Å². The van der Waals surface area contributed by atoms with Crippen LogP contribution < -0.4 is 5.32 Å². The predicted molar refractivity (Wildman–Crippen MR) is 65.1 cm³/mol. The Morgan fingerprint density at radius 1 is 1.22 bits per heavy atom. The van der Waals surface area contributed by atoms with Crippen LogP contribution in [-0.2, 0) is 9.59 Å². The van der Waals surface area contributed by atoms with Gasteiger partial charge in [-0.1, -0.05) is 26.0 Å².